The highest BCUT2D eigenvalue weighted by Crippen LogP contribution is 2.23. The summed E-state index contributed by atoms with van der Waals surface area (Å²) in [6.07, 6.45) is 1.58. The number of hydrogen-bond donors (Lipinski definition) is 0. The van der Waals surface area contributed by atoms with E-state index in [0.717, 1.165) is 5.70 Å². The molecule has 0 aliphatic heterocycles. The van der Waals surface area contributed by atoms with Gasteiger partial charge >= 0.3 is 0 Å². The van der Waals surface area contributed by atoms with E-state index < -0.39 is 0 Å². The molecule has 0 aliphatic rings. The van der Waals surface area contributed by atoms with Crippen LogP contribution in [0, 0.1) is 5.41 Å². The molecule has 0 rings (SSSR count). The third-order valence-electron chi connectivity index (χ3n) is 1.63. The van der Waals surface area contributed by atoms with E-state index in [9.17, 15) is 0 Å². The Morgan fingerprint density at radius 1 is 1.38 bits per heavy atom. The van der Waals surface area contributed by atoms with Crippen LogP contribution >= 0.6 is 0 Å². The standard InChI is InChI=1S/C10H18N2O/c1-8(10(2,3)4)12-7-9(11-5)13-6/h7H,1H2,2-6H3/b11-9+,12-7-. The van der Waals surface area contributed by atoms with Crippen LogP contribution in [-0.2, 0) is 4.74 Å². The van der Waals surface area contributed by atoms with Gasteiger partial charge in [0.05, 0.1) is 13.3 Å². The molecule has 3 heteroatoms. The molecule has 0 saturated carbocycles. The highest BCUT2D eigenvalue weighted by atomic mass is 16.5. The van der Waals surface area contributed by atoms with Gasteiger partial charge in [0.25, 0.3) is 0 Å². The predicted octanol–water partition coefficient (Wildman–Crippen LogP) is 2.29. The molecule has 0 fully saturated rings. The maximum atomic E-state index is 4.92. The summed E-state index contributed by atoms with van der Waals surface area (Å²) < 4.78 is 4.92. The topological polar surface area (TPSA) is 34.0 Å². The normalized spacial score (nSPS) is 13.5. The zero-order valence-corrected chi connectivity index (χ0v) is 9.09. The first-order chi connectivity index (χ1) is 5.91. The number of ether oxygens (including phenoxy) is 1. The van der Waals surface area contributed by atoms with Crippen molar-refractivity contribution in [1.29, 1.82) is 0 Å². The zero-order chi connectivity index (χ0) is 10.5. The molecule has 0 aromatic carbocycles. The Hall–Kier alpha value is -1.12. The van der Waals surface area contributed by atoms with Crippen molar-refractivity contribution in [3.63, 3.8) is 0 Å². The summed E-state index contributed by atoms with van der Waals surface area (Å²) >= 11 is 0. The van der Waals surface area contributed by atoms with Crippen molar-refractivity contribution in [2.24, 2.45) is 15.4 Å². The Kier molecular flexibility index (Phi) is 4.38. The first kappa shape index (κ1) is 11.9. The Morgan fingerprint density at radius 2 is 1.92 bits per heavy atom. The maximum absolute atomic E-state index is 4.92. The lowest BCUT2D eigenvalue weighted by molar-refractivity contribution is 0.411. The molecule has 0 aromatic rings. The molecular formula is C10H18N2O. The molecule has 0 aromatic heterocycles. The first-order valence-corrected chi connectivity index (χ1v) is 4.16. The van der Waals surface area contributed by atoms with Crippen LogP contribution in [0.25, 0.3) is 0 Å². The molecule has 13 heavy (non-hydrogen) atoms. The fourth-order valence-corrected chi connectivity index (χ4v) is 0.529. The second-order valence-electron chi connectivity index (χ2n) is 3.72. The van der Waals surface area contributed by atoms with Gasteiger partial charge in [0.1, 0.15) is 0 Å². The van der Waals surface area contributed by atoms with Crippen molar-refractivity contribution in [3.05, 3.63) is 12.3 Å². The van der Waals surface area contributed by atoms with Crippen LogP contribution < -0.4 is 0 Å². The summed E-state index contributed by atoms with van der Waals surface area (Å²) in [6, 6.07) is 0. The quantitative estimate of drug-likeness (QED) is 0.476. The van der Waals surface area contributed by atoms with Crippen LogP contribution in [0.5, 0.6) is 0 Å². The lowest BCUT2D eigenvalue weighted by Gasteiger charge is -2.17. The van der Waals surface area contributed by atoms with Gasteiger partial charge in [-0.25, -0.2) is 0 Å². The van der Waals surface area contributed by atoms with Crippen LogP contribution in [0.1, 0.15) is 20.8 Å². The minimum atomic E-state index is -0.0108. The molecule has 0 radical (unpaired) electrons. The second kappa shape index (κ2) is 4.80. The molecule has 3 nitrogen and oxygen atoms in total. The summed E-state index contributed by atoms with van der Waals surface area (Å²) in [5.41, 5.74) is 0.800. The minimum Gasteiger partial charge on any atom is -0.480 e. The van der Waals surface area contributed by atoms with Gasteiger partial charge in [0.15, 0.2) is 0 Å². The van der Waals surface area contributed by atoms with E-state index in [0.29, 0.717) is 5.90 Å². The zero-order valence-electron chi connectivity index (χ0n) is 9.09. The monoisotopic (exact) mass is 182 g/mol. The third-order valence-corrected chi connectivity index (χ3v) is 1.63. The molecule has 0 atom stereocenters. The summed E-state index contributed by atoms with van der Waals surface area (Å²) in [5, 5.41) is 0. The molecule has 0 aliphatic carbocycles. The van der Waals surface area contributed by atoms with E-state index in [-0.39, 0.29) is 5.41 Å². The number of hydrogen-bond acceptors (Lipinski definition) is 3. The number of aliphatic imine (C=N–C) groups is 2. The van der Waals surface area contributed by atoms with Gasteiger partial charge in [-0.1, -0.05) is 27.4 Å². The second-order valence-corrected chi connectivity index (χ2v) is 3.72. The summed E-state index contributed by atoms with van der Waals surface area (Å²) in [7, 11) is 3.22. The average Bonchev–Trinajstić information content (AvgIpc) is 2.04. The Balaban J connectivity index is 4.37. The summed E-state index contributed by atoms with van der Waals surface area (Å²) in [5.74, 6) is 0.505. The molecular weight excluding hydrogens is 164 g/mol. The molecule has 0 unspecified atom stereocenters. The molecule has 74 valence electrons. The highest BCUT2D eigenvalue weighted by Gasteiger charge is 2.13. The molecule has 0 saturated heterocycles. The number of methoxy groups -OCH3 is 1. The van der Waals surface area contributed by atoms with Gasteiger partial charge in [0, 0.05) is 18.2 Å². The first-order valence-electron chi connectivity index (χ1n) is 4.16. The Labute approximate surface area is 80.2 Å². The molecule has 0 heterocycles. The van der Waals surface area contributed by atoms with E-state index in [1.54, 1.807) is 20.4 Å². The van der Waals surface area contributed by atoms with Gasteiger partial charge < -0.3 is 4.74 Å². The summed E-state index contributed by atoms with van der Waals surface area (Å²) in [6.45, 7) is 10.0. The average molecular weight is 182 g/mol. The highest BCUT2D eigenvalue weighted by molar-refractivity contribution is 6.26. The third kappa shape index (κ3) is 4.45. The van der Waals surface area contributed by atoms with E-state index >= 15 is 0 Å². The van der Waals surface area contributed by atoms with Crippen molar-refractivity contribution in [3.8, 4) is 0 Å². The van der Waals surface area contributed by atoms with Crippen LogP contribution in [0.2, 0.25) is 0 Å². The van der Waals surface area contributed by atoms with Crippen molar-refractivity contribution >= 4 is 12.1 Å². The lowest BCUT2D eigenvalue weighted by Crippen LogP contribution is -2.09. The fraction of sp³-hybridized carbons (Fsp3) is 0.600. The van der Waals surface area contributed by atoms with Crippen molar-refractivity contribution < 1.29 is 4.74 Å². The van der Waals surface area contributed by atoms with E-state index in [2.05, 4.69) is 37.3 Å². The van der Waals surface area contributed by atoms with E-state index in [4.69, 9.17) is 4.74 Å². The van der Waals surface area contributed by atoms with Gasteiger partial charge in [-0.3, -0.25) is 9.98 Å². The minimum absolute atomic E-state index is 0.0108. The lowest BCUT2D eigenvalue weighted by atomic mass is 9.93. The maximum Gasteiger partial charge on any atom is 0.227 e. The Morgan fingerprint density at radius 3 is 2.23 bits per heavy atom. The van der Waals surface area contributed by atoms with Crippen molar-refractivity contribution in [1.82, 2.24) is 0 Å². The molecule has 0 spiro atoms. The summed E-state index contributed by atoms with van der Waals surface area (Å²) in [4.78, 5) is 8.03. The van der Waals surface area contributed by atoms with Crippen LogP contribution in [-0.4, -0.2) is 26.3 Å². The van der Waals surface area contributed by atoms with Gasteiger partial charge in [-0.2, -0.15) is 0 Å². The van der Waals surface area contributed by atoms with E-state index in [1.807, 2.05) is 0 Å². The molecule has 0 bridgehead atoms. The Bertz CT molecular complexity index is 234. The number of rotatable bonds is 2. The van der Waals surface area contributed by atoms with Crippen LogP contribution in [0.4, 0.5) is 0 Å². The van der Waals surface area contributed by atoms with Crippen molar-refractivity contribution in [2.75, 3.05) is 14.2 Å². The smallest absolute Gasteiger partial charge is 0.227 e. The van der Waals surface area contributed by atoms with Gasteiger partial charge in [-0.15, -0.1) is 0 Å². The van der Waals surface area contributed by atoms with Crippen molar-refractivity contribution in [2.45, 2.75) is 20.8 Å². The van der Waals surface area contributed by atoms with Crippen LogP contribution in [0.3, 0.4) is 0 Å². The SMILES string of the molecule is C=C(/N=C\C(=N/C)OC)C(C)(C)C. The fourth-order valence-electron chi connectivity index (χ4n) is 0.529. The molecule has 0 N–H and O–H groups in total. The largest absolute Gasteiger partial charge is 0.480 e. The predicted molar refractivity (Wildman–Crippen MR) is 57.5 cm³/mol. The van der Waals surface area contributed by atoms with Gasteiger partial charge in [0.2, 0.25) is 5.90 Å². The van der Waals surface area contributed by atoms with Crippen LogP contribution in [0.15, 0.2) is 22.3 Å². The number of nitrogens with zero attached hydrogens (tertiary/aromatic N) is 2. The van der Waals surface area contributed by atoms with Gasteiger partial charge in [-0.05, 0) is 0 Å². The molecule has 0 amide bonds. The number of allylic oxidation sites excluding steroid dienone is 1. The van der Waals surface area contributed by atoms with E-state index in [1.165, 1.54) is 0 Å².